The molecule has 0 radical (unpaired) electrons. The van der Waals surface area contributed by atoms with E-state index in [1.165, 1.54) is 0 Å². The molecule has 1 aliphatic rings. The van der Waals surface area contributed by atoms with Gasteiger partial charge in [0.25, 0.3) is 0 Å². The number of benzene rings is 1. The van der Waals surface area contributed by atoms with Crippen molar-refractivity contribution in [3.63, 3.8) is 0 Å². The van der Waals surface area contributed by atoms with Crippen LogP contribution < -0.4 is 0 Å². The van der Waals surface area contributed by atoms with Crippen LogP contribution in [0.3, 0.4) is 0 Å². The molecular formula is C16H21N3O2. The van der Waals surface area contributed by atoms with E-state index in [9.17, 15) is 5.11 Å². The SMILES string of the molecule is O[C@@H](COCc1ccccc1)CN1CC(n2cccn2)C1. The lowest BCUT2D eigenvalue weighted by Gasteiger charge is -2.40. The molecule has 0 bridgehead atoms. The molecule has 0 saturated carbocycles. The summed E-state index contributed by atoms with van der Waals surface area (Å²) < 4.78 is 7.54. The summed E-state index contributed by atoms with van der Waals surface area (Å²) in [5.74, 6) is 0. The number of hydrogen-bond donors (Lipinski definition) is 1. The van der Waals surface area contributed by atoms with E-state index in [0.717, 1.165) is 18.7 Å². The predicted molar refractivity (Wildman–Crippen MR) is 79.8 cm³/mol. The number of aliphatic hydroxyl groups is 1. The fourth-order valence-corrected chi connectivity index (χ4v) is 2.59. The van der Waals surface area contributed by atoms with Gasteiger partial charge in [0.15, 0.2) is 0 Å². The fraction of sp³-hybridized carbons (Fsp3) is 0.438. The van der Waals surface area contributed by atoms with Gasteiger partial charge in [0.2, 0.25) is 0 Å². The van der Waals surface area contributed by atoms with E-state index in [0.29, 0.717) is 25.8 Å². The maximum atomic E-state index is 9.99. The molecule has 5 nitrogen and oxygen atoms in total. The highest BCUT2D eigenvalue weighted by Crippen LogP contribution is 2.20. The van der Waals surface area contributed by atoms with Gasteiger partial charge in [-0.05, 0) is 11.6 Å². The van der Waals surface area contributed by atoms with Crippen molar-refractivity contribution in [3.8, 4) is 0 Å². The summed E-state index contributed by atoms with van der Waals surface area (Å²) in [5, 5.41) is 14.2. The highest BCUT2D eigenvalue weighted by atomic mass is 16.5. The monoisotopic (exact) mass is 287 g/mol. The maximum Gasteiger partial charge on any atom is 0.0900 e. The Morgan fingerprint density at radius 3 is 2.76 bits per heavy atom. The molecule has 0 aliphatic carbocycles. The first-order valence-electron chi connectivity index (χ1n) is 7.32. The van der Waals surface area contributed by atoms with E-state index in [4.69, 9.17) is 4.74 Å². The molecule has 3 rings (SSSR count). The maximum absolute atomic E-state index is 9.99. The molecule has 5 heteroatoms. The third-order valence-electron chi connectivity index (χ3n) is 3.73. The van der Waals surface area contributed by atoms with Gasteiger partial charge >= 0.3 is 0 Å². The van der Waals surface area contributed by atoms with E-state index in [1.54, 1.807) is 6.20 Å². The zero-order chi connectivity index (χ0) is 14.5. The van der Waals surface area contributed by atoms with Crippen molar-refractivity contribution in [2.24, 2.45) is 0 Å². The Morgan fingerprint density at radius 2 is 2.05 bits per heavy atom. The van der Waals surface area contributed by atoms with Crippen LogP contribution in [0.5, 0.6) is 0 Å². The van der Waals surface area contributed by atoms with Gasteiger partial charge in [-0.1, -0.05) is 30.3 Å². The molecule has 0 amide bonds. The number of aliphatic hydroxyl groups excluding tert-OH is 1. The highest BCUT2D eigenvalue weighted by Gasteiger charge is 2.29. The Kier molecular flexibility index (Phi) is 4.65. The van der Waals surface area contributed by atoms with E-state index in [2.05, 4.69) is 10.00 Å². The number of β-amino-alcohol motifs (C(OH)–C–C–N with tert-alkyl or cyclic N) is 1. The second-order valence-corrected chi connectivity index (χ2v) is 5.51. The highest BCUT2D eigenvalue weighted by molar-refractivity contribution is 5.13. The van der Waals surface area contributed by atoms with Crippen molar-refractivity contribution in [2.75, 3.05) is 26.2 Å². The van der Waals surface area contributed by atoms with Crippen LogP contribution in [0.1, 0.15) is 11.6 Å². The number of aromatic nitrogens is 2. The molecule has 1 atom stereocenters. The van der Waals surface area contributed by atoms with Gasteiger partial charge in [-0.3, -0.25) is 9.58 Å². The van der Waals surface area contributed by atoms with Crippen LogP contribution in [-0.2, 0) is 11.3 Å². The predicted octanol–water partition coefficient (Wildman–Crippen LogP) is 1.32. The Morgan fingerprint density at radius 1 is 1.24 bits per heavy atom. The van der Waals surface area contributed by atoms with E-state index in [-0.39, 0.29) is 0 Å². The van der Waals surface area contributed by atoms with Crippen LogP contribution >= 0.6 is 0 Å². The summed E-state index contributed by atoms with van der Waals surface area (Å²) in [6.45, 7) is 3.47. The van der Waals surface area contributed by atoms with Crippen LogP contribution in [0.25, 0.3) is 0 Å². The minimum atomic E-state index is -0.438. The lowest BCUT2D eigenvalue weighted by Crippen LogP contribution is -2.51. The summed E-state index contributed by atoms with van der Waals surface area (Å²) >= 11 is 0. The lowest BCUT2D eigenvalue weighted by atomic mass is 10.1. The molecule has 2 aromatic rings. The fourth-order valence-electron chi connectivity index (χ4n) is 2.59. The Bertz CT molecular complexity index is 524. The molecule has 2 heterocycles. The second-order valence-electron chi connectivity index (χ2n) is 5.51. The largest absolute Gasteiger partial charge is 0.389 e. The van der Waals surface area contributed by atoms with E-state index >= 15 is 0 Å². The summed E-state index contributed by atoms with van der Waals surface area (Å²) in [4.78, 5) is 2.23. The number of likely N-dealkylation sites (tertiary alicyclic amines) is 1. The summed E-state index contributed by atoms with van der Waals surface area (Å²) in [5.41, 5.74) is 1.13. The molecule has 1 fully saturated rings. The lowest BCUT2D eigenvalue weighted by molar-refractivity contribution is -0.0134. The second kappa shape index (κ2) is 6.85. The topological polar surface area (TPSA) is 50.5 Å². The van der Waals surface area contributed by atoms with Crippen molar-refractivity contribution in [2.45, 2.75) is 18.8 Å². The third kappa shape index (κ3) is 3.91. The quantitative estimate of drug-likeness (QED) is 0.834. The van der Waals surface area contributed by atoms with Crippen LogP contribution in [0.4, 0.5) is 0 Å². The van der Waals surface area contributed by atoms with E-state index in [1.807, 2.05) is 47.3 Å². The van der Waals surface area contributed by atoms with Crippen molar-refractivity contribution >= 4 is 0 Å². The number of ether oxygens (including phenoxy) is 1. The average molecular weight is 287 g/mol. The van der Waals surface area contributed by atoms with E-state index < -0.39 is 6.10 Å². The molecule has 0 unspecified atom stereocenters. The van der Waals surface area contributed by atoms with Crippen molar-refractivity contribution in [3.05, 3.63) is 54.4 Å². The summed E-state index contributed by atoms with van der Waals surface area (Å²) in [6.07, 6.45) is 3.35. The van der Waals surface area contributed by atoms with Gasteiger partial charge in [0.05, 0.1) is 25.4 Å². The van der Waals surface area contributed by atoms with Crippen LogP contribution in [0.2, 0.25) is 0 Å². The number of hydrogen-bond acceptors (Lipinski definition) is 4. The molecule has 1 aromatic heterocycles. The Labute approximate surface area is 124 Å². The van der Waals surface area contributed by atoms with Gasteiger partial charge in [0, 0.05) is 32.0 Å². The first-order chi connectivity index (χ1) is 10.3. The normalized spacial score (nSPS) is 17.6. The van der Waals surface area contributed by atoms with Gasteiger partial charge < -0.3 is 9.84 Å². The minimum Gasteiger partial charge on any atom is -0.389 e. The summed E-state index contributed by atoms with van der Waals surface area (Å²) in [7, 11) is 0. The smallest absolute Gasteiger partial charge is 0.0900 e. The molecule has 1 saturated heterocycles. The van der Waals surface area contributed by atoms with Crippen molar-refractivity contribution in [1.82, 2.24) is 14.7 Å². The van der Waals surface area contributed by atoms with Crippen molar-refractivity contribution in [1.29, 1.82) is 0 Å². The molecular weight excluding hydrogens is 266 g/mol. The molecule has 0 spiro atoms. The average Bonchev–Trinajstić information content (AvgIpc) is 2.97. The molecule has 1 aliphatic heterocycles. The van der Waals surface area contributed by atoms with Crippen LogP contribution in [0.15, 0.2) is 48.8 Å². The number of rotatable bonds is 7. The number of nitrogens with zero attached hydrogens (tertiary/aromatic N) is 3. The third-order valence-corrected chi connectivity index (χ3v) is 3.73. The first kappa shape index (κ1) is 14.3. The molecule has 21 heavy (non-hydrogen) atoms. The van der Waals surface area contributed by atoms with Crippen LogP contribution in [-0.4, -0.2) is 52.1 Å². The zero-order valence-corrected chi connectivity index (χ0v) is 12.0. The Balaban J connectivity index is 1.32. The molecule has 112 valence electrons. The first-order valence-corrected chi connectivity index (χ1v) is 7.32. The molecule has 1 N–H and O–H groups in total. The van der Waals surface area contributed by atoms with Gasteiger partial charge in [-0.15, -0.1) is 0 Å². The minimum absolute atomic E-state index is 0.373. The van der Waals surface area contributed by atoms with Crippen LogP contribution in [0, 0.1) is 0 Å². The summed E-state index contributed by atoms with van der Waals surface area (Å²) in [6, 6.07) is 12.4. The van der Waals surface area contributed by atoms with Gasteiger partial charge in [-0.2, -0.15) is 5.10 Å². The van der Waals surface area contributed by atoms with Gasteiger partial charge in [-0.25, -0.2) is 0 Å². The molecule has 1 aromatic carbocycles. The zero-order valence-electron chi connectivity index (χ0n) is 12.0. The Hall–Kier alpha value is -1.69. The standard InChI is InChI=1S/C16H21N3O2/c20-16(13-21-12-14-5-2-1-3-6-14)11-18-9-15(10-18)19-8-4-7-17-19/h1-8,15-16,20H,9-13H2/t16-/m1/s1. The van der Waals surface area contributed by atoms with Gasteiger partial charge in [0.1, 0.15) is 0 Å². The van der Waals surface area contributed by atoms with Crippen molar-refractivity contribution < 1.29 is 9.84 Å².